The van der Waals surface area contributed by atoms with Crippen LogP contribution >= 0.6 is 0 Å². The quantitative estimate of drug-likeness (QED) is 0.496. The average Bonchev–Trinajstić information content (AvgIpc) is 3.04. The van der Waals surface area contributed by atoms with E-state index in [1.807, 2.05) is 6.07 Å². The van der Waals surface area contributed by atoms with E-state index in [0.717, 1.165) is 12.0 Å². The van der Waals surface area contributed by atoms with Crippen molar-refractivity contribution in [2.45, 2.75) is 25.3 Å². The van der Waals surface area contributed by atoms with Gasteiger partial charge in [0.15, 0.2) is 0 Å². The first-order valence-electron chi connectivity index (χ1n) is 7.92. The molecule has 2 aromatic carbocycles. The van der Waals surface area contributed by atoms with Gasteiger partial charge in [0, 0.05) is 12.0 Å². The van der Waals surface area contributed by atoms with Crippen LogP contribution in [0, 0.1) is 23.0 Å². The number of fused-ring (bicyclic) bond motifs is 3. The molecule has 1 aliphatic heterocycles. The fraction of sp³-hybridized carbons (Fsp3) is 0.263. The molecule has 3 atom stereocenters. The van der Waals surface area contributed by atoms with Gasteiger partial charge in [-0.3, -0.25) is 10.1 Å². The Hall–Kier alpha value is -2.62. The fourth-order valence-electron chi connectivity index (χ4n) is 3.86. The van der Waals surface area contributed by atoms with Crippen molar-refractivity contribution in [3.05, 3.63) is 81.4 Å². The summed E-state index contributed by atoms with van der Waals surface area (Å²) in [6, 6.07) is 13.9. The second kappa shape index (κ2) is 5.23. The highest BCUT2D eigenvalue weighted by Crippen LogP contribution is 2.51. The molecule has 0 saturated heterocycles. The van der Waals surface area contributed by atoms with E-state index in [9.17, 15) is 10.1 Å². The molecule has 2 aromatic rings. The minimum absolute atomic E-state index is 0.101. The third-order valence-corrected chi connectivity index (χ3v) is 5.01. The van der Waals surface area contributed by atoms with Gasteiger partial charge in [-0.1, -0.05) is 54.1 Å². The number of hydrogen-bond acceptors (Lipinski definition) is 3. The molecular formula is C19H18N2O2. The number of para-hydroxylation sites is 1. The summed E-state index contributed by atoms with van der Waals surface area (Å²) in [7, 11) is 0. The molecule has 1 N–H and O–H groups in total. The van der Waals surface area contributed by atoms with E-state index in [1.54, 1.807) is 12.1 Å². The van der Waals surface area contributed by atoms with Gasteiger partial charge in [-0.25, -0.2) is 0 Å². The molecule has 4 heteroatoms. The lowest BCUT2D eigenvalue weighted by molar-refractivity contribution is -0.384. The van der Waals surface area contributed by atoms with Gasteiger partial charge >= 0.3 is 0 Å². The Kier molecular flexibility index (Phi) is 3.18. The van der Waals surface area contributed by atoms with Crippen LogP contribution in [0.2, 0.25) is 0 Å². The standard InChI is InChI=1S/C19H18N2O2/c1-12-8-10-13(11-9-12)18-15-5-2-4-14(15)16-6-3-7-17(21(22)23)19(16)20-18/h2-4,6-11,14-15,18,20H,5H2,1H3/t14-,15+,18+/m1/s1. The van der Waals surface area contributed by atoms with Crippen LogP contribution in [0.15, 0.2) is 54.6 Å². The van der Waals surface area contributed by atoms with Crippen molar-refractivity contribution in [3.63, 3.8) is 0 Å². The first-order chi connectivity index (χ1) is 11.1. The van der Waals surface area contributed by atoms with Gasteiger partial charge in [0.25, 0.3) is 5.69 Å². The normalized spacial score (nSPS) is 24.7. The lowest BCUT2D eigenvalue weighted by atomic mass is 9.76. The van der Waals surface area contributed by atoms with Crippen LogP contribution in [-0.2, 0) is 0 Å². The molecule has 4 rings (SSSR count). The lowest BCUT2D eigenvalue weighted by Gasteiger charge is -2.37. The van der Waals surface area contributed by atoms with Crippen molar-refractivity contribution in [1.29, 1.82) is 0 Å². The topological polar surface area (TPSA) is 55.2 Å². The van der Waals surface area contributed by atoms with E-state index in [4.69, 9.17) is 0 Å². The van der Waals surface area contributed by atoms with Gasteiger partial charge in [-0.05, 0) is 30.4 Å². The molecule has 0 fully saturated rings. The summed E-state index contributed by atoms with van der Waals surface area (Å²) in [5.74, 6) is 0.657. The third-order valence-electron chi connectivity index (χ3n) is 5.01. The van der Waals surface area contributed by atoms with E-state index in [-0.39, 0.29) is 22.6 Å². The van der Waals surface area contributed by atoms with Crippen LogP contribution in [0.4, 0.5) is 11.4 Å². The minimum atomic E-state index is -0.295. The maximum absolute atomic E-state index is 11.4. The van der Waals surface area contributed by atoms with Gasteiger partial charge in [0.1, 0.15) is 5.69 Å². The Morgan fingerprint density at radius 3 is 2.70 bits per heavy atom. The monoisotopic (exact) mass is 306 g/mol. The highest BCUT2D eigenvalue weighted by Gasteiger charge is 2.40. The molecule has 1 aliphatic carbocycles. The second-order valence-corrected chi connectivity index (χ2v) is 6.38. The minimum Gasteiger partial charge on any atom is -0.372 e. The molecule has 4 nitrogen and oxygen atoms in total. The van der Waals surface area contributed by atoms with Crippen molar-refractivity contribution in [3.8, 4) is 0 Å². The first-order valence-corrected chi connectivity index (χ1v) is 7.92. The molecule has 0 bridgehead atoms. The van der Waals surface area contributed by atoms with E-state index >= 15 is 0 Å². The maximum atomic E-state index is 11.4. The van der Waals surface area contributed by atoms with E-state index < -0.39 is 0 Å². The SMILES string of the molecule is Cc1ccc([C@@H]2Nc3c(cccc3[N+](=O)[O-])[C@@H]3C=CC[C@@H]32)cc1. The summed E-state index contributed by atoms with van der Waals surface area (Å²) < 4.78 is 0. The lowest BCUT2D eigenvalue weighted by Crippen LogP contribution is -2.29. The van der Waals surface area contributed by atoms with Gasteiger partial charge in [-0.15, -0.1) is 0 Å². The molecule has 0 radical (unpaired) electrons. The van der Waals surface area contributed by atoms with Crippen LogP contribution in [0.3, 0.4) is 0 Å². The average molecular weight is 306 g/mol. The molecule has 116 valence electrons. The van der Waals surface area contributed by atoms with Gasteiger partial charge in [0.2, 0.25) is 0 Å². The number of hydrogen-bond donors (Lipinski definition) is 1. The number of allylic oxidation sites excluding steroid dienone is 2. The van der Waals surface area contributed by atoms with E-state index in [1.165, 1.54) is 11.1 Å². The Balaban J connectivity index is 1.83. The molecule has 0 aromatic heterocycles. The van der Waals surface area contributed by atoms with Gasteiger partial charge in [0.05, 0.1) is 11.0 Å². The maximum Gasteiger partial charge on any atom is 0.292 e. The van der Waals surface area contributed by atoms with E-state index in [2.05, 4.69) is 48.7 Å². The highest BCUT2D eigenvalue weighted by atomic mass is 16.6. The van der Waals surface area contributed by atoms with Crippen LogP contribution in [-0.4, -0.2) is 4.92 Å². The van der Waals surface area contributed by atoms with Crippen molar-refractivity contribution in [2.75, 3.05) is 5.32 Å². The van der Waals surface area contributed by atoms with Crippen molar-refractivity contribution in [1.82, 2.24) is 0 Å². The van der Waals surface area contributed by atoms with E-state index in [0.29, 0.717) is 11.6 Å². The predicted molar refractivity (Wildman–Crippen MR) is 90.6 cm³/mol. The van der Waals surface area contributed by atoms with Gasteiger partial charge in [-0.2, -0.15) is 0 Å². The highest BCUT2D eigenvalue weighted by molar-refractivity contribution is 5.71. The summed E-state index contributed by atoms with van der Waals surface area (Å²) in [6.07, 6.45) is 5.40. The summed E-state index contributed by atoms with van der Waals surface area (Å²) in [4.78, 5) is 11.1. The smallest absolute Gasteiger partial charge is 0.292 e. The van der Waals surface area contributed by atoms with Crippen LogP contribution in [0.5, 0.6) is 0 Å². The molecule has 0 spiro atoms. The first kappa shape index (κ1) is 14.0. The number of aryl methyl sites for hydroxylation is 1. The second-order valence-electron chi connectivity index (χ2n) is 6.38. The number of nitro benzene ring substituents is 1. The van der Waals surface area contributed by atoms with Crippen LogP contribution < -0.4 is 5.32 Å². The van der Waals surface area contributed by atoms with Crippen molar-refractivity contribution >= 4 is 11.4 Å². The zero-order valence-corrected chi connectivity index (χ0v) is 12.9. The Labute approximate surface area is 135 Å². The number of nitro groups is 1. The van der Waals surface area contributed by atoms with Crippen molar-refractivity contribution < 1.29 is 4.92 Å². The molecule has 2 aliphatic rings. The number of rotatable bonds is 2. The molecule has 0 saturated carbocycles. The van der Waals surface area contributed by atoms with Crippen molar-refractivity contribution in [2.24, 2.45) is 5.92 Å². The number of benzene rings is 2. The summed E-state index contributed by atoms with van der Waals surface area (Å²) in [5.41, 5.74) is 4.30. The molecule has 0 amide bonds. The third kappa shape index (κ3) is 2.22. The zero-order chi connectivity index (χ0) is 16.0. The number of nitrogens with zero attached hydrogens (tertiary/aromatic N) is 1. The summed E-state index contributed by atoms with van der Waals surface area (Å²) in [5, 5.41) is 14.9. The predicted octanol–water partition coefficient (Wildman–Crippen LogP) is 4.73. The largest absolute Gasteiger partial charge is 0.372 e. The zero-order valence-electron chi connectivity index (χ0n) is 12.9. The van der Waals surface area contributed by atoms with Crippen LogP contribution in [0.25, 0.3) is 0 Å². The number of nitrogens with one attached hydrogen (secondary N) is 1. The molecule has 0 unspecified atom stereocenters. The Morgan fingerprint density at radius 2 is 1.96 bits per heavy atom. The fourth-order valence-corrected chi connectivity index (χ4v) is 3.86. The summed E-state index contributed by atoms with van der Waals surface area (Å²) >= 11 is 0. The number of anilines is 1. The Morgan fingerprint density at radius 1 is 1.17 bits per heavy atom. The molecule has 1 heterocycles. The summed E-state index contributed by atoms with van der Waals surface area (Å²) in [6.45, 7) is 2.07. The van der Waals surface area contributed by atoms with Crippen LogP contribution in [0.1, 0.15) is 35.1 Å². The molecular weight excluding hydrogens is 288 g/mol. The molecule has 23 heavy (non-hydrogen) atoms. The Bertz CT molecular complexity index is 796. The van der Waals surface area contributed by atoms with Gasteiger partial charge < -0.3 is 5.32 Å².